The van der Waals surface area contributed by atoms with Gasteiger partial charge in [-0.2, -0.15) is 0 Å². The molecular weight excluding hydrogens is 466 g/mol. The molecule has 3 heterocycles. The molecule has 0 bridgehead atoms. The number of amides is 2. The van der Waals surface area contributed by atoms with Crippen molar-refractivity contribution in [1.82, 2.24) is 9.88 Å². The Labute approximate surface area is 214 Å². The van der Waals surface area contributed by atoms with Crippen molar-refractivity contribution in [3.63, 3.8) is 0 Å². The molecule has 1 atom stereocenters. The highest BCUT2D eigenvalue weighted by molar-refractivity contribution is 5.94. The summed E-state index contributed by atoms with van der Waals surface area (Å²) >= 11 is 0. The zero-order chi connectivity index (χ0) is 25.5. The maximum absolute atomic E-state index is 13.6. The van der Waals surface area contributed by atoms with Crippen molar-refractivity contribution in [2.45, 2.75) is 19.4 Å². The quantitative estimate of drug-likeness (QED) is 0.403. The number of aromatic amines is 1. The number of para-hydroxylation sites is 1. The molecule has 0 fully saturated rings. The van der Waals surface area contributed by atoms with Crippen molar-refractivity contribution in [1.29, 1.82) is 0 Å². The van der Waals surface area contributed by atoms with Crippen molar-refractivity contribution < 1.29 is 19.1 Å². The molecule has 3 aromatic carbocycles. The van der Waals surface area contributed by atoms with Crippen LogP contribution in [-0.4, -0.2) is 42.1 Å². The minimum atomic E-state index is -0.283. The molecule has 0 radical (unpaired) electrons. The lowest BCUT2D eigenvalue weighted by Crippen LogP contribution is -2.39. The van der Waals surface area contributed by atoms with Gasteiger partial charge in [0.05, 0.1) is 6.04 Å². The monoisotopic (exact) mass is 493 g/mol. The molecule has 2 aliphatic heterocycles. The summed E-state index contributed by atoms with van der Waals surface area (Å²) in [6, 6.07) is 21.4. The summed E-state index contributed by atoms with van der Waals surface area (Å²) in [5, 5.41) is 1.20. The summed E-state index contributed by atoms with van der Waals surface area (Å²) in [7, 11) is 1.74. The van der Waals surface area contributed by atoms with Crippen LogP contribution in [0, 0.1) is 0 Å². The maximum atomic E-state index is 13.6. The van der Waals surface area contributed by atoms with E-state index in [4.69, 9.17) is 9.47 Å². The first kappa shape index (κ1) is 22.9. The van der Waals surface area contributed by atoms with Crippen molar-refractivity contribution in [2.24, 2.45) is 0 Å². The van der Waals surface area contributed by atoms with Gasteiger partial charge in [-0.1, -0.05) is 36.4 Å². The van der Waals surface area contributed by atoms with E-state index in [1.54, 1.807) is 18.0 Å². The van der Waals surface area contributed by atoms with Gasteiger partial charge in [-0.3, -0.25) is 9.59 Å². The average molecular weight is 494 g/mol. The van der Waals surface area contributed by atoms with Gasteiger partial charge in [-0.25, -0.2) is 0 Å². The number of carbonyl (C=O) groups is 2. The molecule has 0 spiro atoms. The van der Waals surface area contributed by atoms with E-state index in [1.165, 1.54) is 17.9 Å². The molecule has 2 aliphatic rings. The molecule has 1 aromatic heterocycles. The number of hydrogen-bond donors (Lipinski definition) is 1. The van der Waals surface area contributed by atoms with Gasteiger partial charge in [0.25, 0.3) is 0 Å². The first-order chi connectivity index (χ1) is 18.0. The van der Waals surface area contributed by atoms with E-state index in [0.29, 0.717) is 18.0 Å². The summed E-state index contributed by atoms with van der Waals surface area (Å²) in [5.74, 6) is 1.30. The number of carbonyl (C=O) groups excluding carboxylic acids is 2. The molecule has 7 nitrogen and oxygen atoms in total. The van der Waals surface area contributed by atoms with E-state index in [9.17, 15) is 9.59 Å². The van der Waals surface area contributed by atoms with Crippen LogP contribution in [0.1, 0.15) is 35.3 Å². The number of hydrogen-bond acceptors (Lipinski definition) is 4. The Balaban J connectivity index is 1.34. The smallest absolute Gasteiger partial charge is 0.247 e. The molecule has 1 N–H and O–H groups in total. The Morgan fingerprint density at radius 2 is 1.81 bits per heavy atom. The molecule has 1 unspecified atom stereocenters. The van der Waals surface area contributed by atoms with E-state index < -0.39 is 0 Å². The van der Waals surface area contributed by atoms with Gasteiger partial charge in [0.1, 0.15) is 0 Å². The molecule has 4 aromatic rings. The van der Waals surface area contributed by atoms with Crippen molar-refractivity contribution in [3.05, 3.63) is 95.2 Å². The average Bonchev–Trinajstić information content (AvgIpc) is 3.55. The maximum Gasteiger partial charge on any atom is 0.247 e. The van der Waals surface area contributed by atoms with Gasteiger partial charge in [-0.05, 0) is 59.5 Å². The van der Waals surface area contributed by atoms with E-state index in [-0.39, 0.29) is 24.6 Å². The van der Waals surface area contributed by atoms with Crippen molar-refractivity contribution >= 4 is 34.5 Å². The number of ether oxygens (including phenoxy) is 2. The number of nitrogens with one attached hydrogen (secondary N) is 1. The molecular formula is C30H27N3O4. The van der Waals surface area contributed by atoms with Crippen LogP contribution in [0.3, 0.4) is 0 Å². The lowest BCUT2D eigenvalue weighted by atomic mass is 9.92. The van der Waals surface area contributed by atoms with Crippen LogP contribution in [0.4, 0.5) is 5.69 Å². The minimum Gasteiger partial charge on any atom is -0.454 e. The second-order valence-electron chi connectivity index (χ2n) is 9.36. The highest BCUT2D eigenvalue weighted by Crippen LogP contribution is 2.42. The summed E-state index contributed by atoms with van der Waals surface area (Å²) in [4.78, 5) is 32.3. The molecule has 186 valence electrons. The van der Waals surface area contributed by atoms with Crippen LogP contribution in [0.2, 0.25) is 0 Å². The third kappa shape index (κ3) is 4.12. The summed E-state index contributed by atoms with van der Waals surface area (Å²) in [5.41, 5.74) is 6.01. The molecule has 6 rings (SSSR count). The fraction of sp³-hybridized carbons (Fsp3) is 0.200. The number of fused-ring (bicyclic) bond motifs is 4. The number of rotatable bonds is 4. The van der Waals surface area contributed by atoms with Gasteiger partial charge >= 0.3 is 0 Å². The lowest BCUT2D eigenvalue weighted by Gasteiger charge is -2.35. The van der Waals surface area contributed by atoms with Crippen molar-refractivity contribution in [3.8, 4) is 11.5 Å². The van der Waals surface area contributed by atoms with E-state index >= 15 is 0 Å². The summed E-state index contributed by atoms with van der Waals surface area (Å²) in [6.07, 6.45) is 4.21. The first-order valence-corrected chi connectivity index (χ1v) is 12.3. The van der Waals surface area contributed by atoms with Gasteiger partial charge in [-0.15, -0.1) is 0 Å². The predicted molar refractivity (Wildman–Crippen MR) is 143 cm³/mol. The highest BCUT2D eigenvalue weighted by Gasteiger charge is 2.34. The van der Waals surface area contributed by atoms with Crippen LogP contribution < -0.4 is 14.4 Å². The van der Waals surface area contributed by atoms with Gasteiger partial charge in [0.2, 0.25) is 18.6 Å². The molecule has 37 heavy (non-hydrogen) atoms. The normalized spacial score (nSPS) is 16.3. The lowest BCUT2D eigenvalue weighted by molar-refractivity contribution is -0.128. The van der Waals surface area contributed by atoms with Gasteiger partial charge in [0, 0.05) is 48.9 Å². The van der Waals surface area contributed by atoms with E-state index in [2.05, 4.69) is 17.1 Å². The second kappa shape index (κ2) is 9.17. The molecule has 2 amide bonds. The fourth-order valence-electron chi connectivity index (χ4n) is 5.16. The number of anilines is 1. The van der Waals surface area contributed by atoms with Gasteiger partial charge in [0.15, 0.2) is 11.5 Å². The number of aromatic nitrogens is 1. The highest BCUT2D eigenvalue weighted by atomic mass is 16.7. The van der Waals surface area contributed by atoms with Crippen LogP contribution in [0.15, 0.2) is 72.8 Å². The first-order valence-electron chi connectivity index (χ1n) is 12.3. The van der Waals surface area contributed by atoms with Crippen LogP contribution in [0.25, 0.3) is 17.0 Å². The molecule has 0 saturated carbocycles. The Hall–Kier alpha value is -4.52. The largest absolute Gasteiger partial charge is 0.454 e. The fourth-order valence-corrected chi connectivity index (χ4v) is 5.16. The van der Waals surface area contributed by atoms with E-state index in [1.807, 2.05) is 65.6 Å². The van der Waals surface area contributed by atoms with Crippen molar-refractivity contribution in [2.75, 3.05) is 25.3 Å². The zero-order valence-electron chi connectivity index (χ0n) is 20.7. The molecule has 0 aliphatic carbocycles. The Bertz CT molecular complexity index is 1540. The second-order valence-corrected chi connectivity index (χ2v) is 9.36. The molecule has 0 saturated heterocycles. The summed E-state index contributed by atoms with van der Waals surface area (Å²) < 4.78 is 11.2. The standard InChI is InChI=1S/C30H27N3O4/c1-19(34)32(2)22-11-7-20(8-12-22)9-14-28(35)33-16-15-24-23-5-3-4-6-25(23)31-29(24)30(33)21-10-13-26-27(17-21)37-18-36-26/h3-14,17,30-31H,15-16,18H2,1-2H3. The van der Waals surface area contributed by atoms with E-state index in [0.717, 1.165) is 34.4 Å². The number of nitrogens with zero attached hydrogens (tertiary/aromatic N) is 2. The van der Waals surface area contributed by atoms with Gasteiger partial charge < -0.3 is 24.3 Å². The van der Waals surface area contributed by atoms with Crippen LogP contribution in [0.5, 0.6) is 11.5 Å². The zero-order valence-corrected chi connectivity index (χ0v) is 20.7. The minimum absolute atomic E-state index is 0.0329. The van der Waals surface area contributed by atoms with Crippen LogP contribution in [-0.2, 0) is 16.0 Å². The Morgan fingerprint density at radius 1 is 1.03 bits per heavy atom. The number of benzene rings is 3. The third-order valence-corrected chi connectivity index (χ3v) is 7.20. The van der Waals surface area contributed by atoms with Crippen LogP contribution >= 0.6 is 0 Å². The Kier molecular flexibility index (Phi) is 5.68. The topological polar surface area (TPSA) is 74.9 Å². The SMILES string of the molecule is CC(=O)N(C)c1ccc(C=CC(=O)N2CCc3c([nH]c4ccccc34)C2c2ccc3c(c2)OCO3)cc1. The predicted octanol–water partition coefficient (Wildman–Crippen LogP) is 5.07. The summed E-state index contributed by atoms with van der Waals surface area (Å²) in [6.45, 7) is 2.33. The Morgan fingerprint density at radius 3 is 2.62 bits per heavy atom. The number of H-pyrrole nitrogens is 1. The molecule has 7 heteroatoms. The third-order valence-electron chi connectivity index (χ3n) is 7.20.